The third-order valence-corrected chi connectivity index (χ3v) is 3.80. The number of benzene rings is 1. The summed E-state index contributed by atoms with van der Waals surface area (Å²) in [5.74, 6) is 0.0448. The summed E-state index contributed by atoms with van der Waals surface area (Å²) in [5, 5.41) is 2.98. The van der Waals surface area contributed by atoms with Gasteiger partial charge in [0.05, 0.1) is 5.69 Å². The second kappa shape index (κ2) is 8.02. The highest BCUT2D eigenvalue weighted by Gasteiger charge is 2.08. The number of aryl methyl sites for hydroxylation is 1. The zero-order valence-corrected chi connectivity index (χ0v) is 13.4. The van der Waals surface area contributed by atoms with Crippen LogP contribution >= 0.6 is 0 Å². The Bertz CT molecular complexity index is 788. The maximum Gasteiger partial charge on any atom is 0.220 e. The number of carbonyl (C=O) groups excluding carboxylic acids is 1. The molecule has 1 aromatic carbocycles. The lowest BCUT2D eigenvalue weighted by atomic mass is 10.1. The number of pyridine rings is 2. The van der Waals surface area contributed by atoms with Gasteiger partial charge in [0.15, 0.2) is 0 Å². The molecule has 0 aliphatic heterocycles. The van der Waals surface area contributed by atoms with Crippen LogP contribution in [0.15, 0.2) is 73.2 Å². The van der Waals surface area contributed by atoms with Crippen molar-refractivity contribution in [3.8, 4) is 11.3 Å². The van der Waals surface area contributed by atoms with E-state index in [0.717, 1.165) is 23.2 Å². The first-order chi connectivity index (χ1) is 11.8. The fraction of sp³-hybridized carbons (Fsp3) is 0.150. The maximum atomic E-state index is 12.1. The summed E-state index contributed by atoms with van der Waals surface area (Å²) in [4.78, 5) is 20.6. The second-order valence-corrected chi connectivity index (χ2v) is 5.51. The van der Waals surface area contributed by atoms with Crippen molar-refractivity contribution in [2.45, 2.75) is 19.4 Å². The molecule has 24 heavy (non-hydrogen) atoms. The molecular weight excluding hydrogens is 298 g/mol. The lowest BCUT2D eigenvalue weighted by molar-refractivity contribution is -0.121. The minimum atomic E-state index is 0.0448. The second-order valence-electron chi connectivity index (χ2n) is 5.51. The molecule has 0 fully saturated rings. The van der Waals surface area contributed by atoms with E-state index in [1.807, 2.05) is 54.6 Å². The summed E-state index contributed by atoms with van der Waals surface area (Å²) in [6.45, 7) is 0.471. The highest BCUT2D eigenvalue weighted by molar-refractivity contribution is 5.76. The first kappa shape index (κ1) is 15.9. The predicted octanol–water partition coefficient (Wildman–Crippen LogP) is 3.39. The molecule has 4 heteroatoms. The number of rotatable bonds is 6. The number of nitrogens with one attached hydrogen (secondary N) is 1. The molecule has 0 bridgehead atoms. The molecule has 0 radical (unpaired) electrons. The Morgan fingerprint density at radius 2 is 1.71 bits per heavy atom. The van der Waals surface area contributed by atoms with E-state index in [9.17, 15) is 4.79 Å². The number of amides is 1. The SMILES string of the molecule is O=C(CCc1ccccc1)NCc1cccnc1-c1ccncc1. The minimum Gasteiger partial charge on any atom is -0.352 e. The zero-order chi connectivity index (χ0) is 16.6. The molecule has 0 atom stereocenters. The van der Waals surface area contributed by atoms with Gasteiger partial charge in [-0.05, 0) is 35.7 Å². The molecule has 4 nitrogen and oxygen atoms in total. The van der Waals surface area contributed by atoms with E-state index >= 15 is 0 Å². The van der Waals surface area contributed by atoms with Crippen molar-refractivity contribution < 1.29 is 4.79 Å². The van der Waals surface area contributed by atoms with Crippen LogP contribution < -0.4 is 5.32 Å². The van der Waals surface area contributed by atoms with E-state index in [4.69, 9.17) is 0 Å². The Labute approximate surface area is 141 Å². The van der Waals surface area contributed by atoms with Crippen LogP contribution in [-0.2, 0) is 17.8 Å². The van der Waals surface area contributed by atoms with Gasteiger partial charge in [-0.25, -0.2) is 0 Å². The Hall–Kier alpha value is -3.01. The van der Waals surface area contributed by atoms with Gasteiger partial charge in [0.25, 0.3) is 0 Å². The topological polar surface area (TPSA) is 54.9 Å². The van der Waals surface area contributed by atoms with Gasteiger partial charge in [-0.1, -0.05) is 36.4 Å². The molecule has 0 saturated heterocycles. The van der Waals surface area contributed by atoms with Gasteiger partial charge in [0.1, 0.15) is 0 Å². The fourth-order valence-electron chi connectivity index (χ4n) is 2.54. The normalized spacial score (nSPS) is 10.3. The van der Waals surface area contributed by atoms with Crippen LogP contribution in [0.3, 0.4) is 0 Å². The van der Waals surface area contributed by atoms with Crippen LogP contribution in [0.1, 0.15) is 17.5 Å². The summed E-state index contributed by atoms with van der Waals surface area (Å²) < 4.78 is 0. The molecule has 0 unspecified atom stereocenters. The van der Waals surface area contributed by atoms with Gasteiger partial charge in [-0.15, -0.1) is 0 Å². The monoisotopic (exact) mass is 317 g/mol. The Morgan fingerprint density at radius 1 is 0.917 bits per heavy atom. The quantitative estimate of drug-likeness (QED) is 0.758. The third kappa shape index (κ3) is 4.26. The zero-order valence-electron chi connectivity index (χ0n) is 13.4. The van der Waals surface area contributed by atoms with Gasteiger partial charge in [0.2, 0.25) is 5.91 Å². The van der Waals surface area contributed by atoms with Crippen molar-refractivity contribution in [1.82, 2.24) is 15.3 Å². The van der Waals surface area contributed by atoms with Gasteiger partial charge >= 0.3 is 0 Å². The molecule has 1 N–H and O–H groups in total. The van der Waals surface area contributed by atoms with Crippen LogP contribution in [0.25, 0.3) is 11.3 Å². The number of aromatic nitrogens is 2. The Kier molecular flexibility index (Phi) is 5.30. The minimum absolute atomic E-state index is 0.0448. The van der Waals surface area contributed by atoms with Gasteiger partial charge in [-0.3, -0.25) is 14.8 Å². The molecular formula is C20H19N3O. The molecule has 0 spiro atoms. The van der Waals surface area contributed by atoms with E-state index in [0.29, 0.717) is 13.0 Å². The van der Waals surface area contributed by atoms with Crippen molar-refractivity contribution in [3.05, 3.63) is 84.3 Å². The highest BCUT2D eigenvalue weighted by Crippen LogP contribution is 2.20. The van der Waals surface area contributed by atoms with Crippen LogP contribution in [0.5, 0.6) is 0 Å². The summed E-state index contributed by atoms with van der Waals surface area (Å²) >= 11 is 0. The summed E-state index contributed by atoms with van der Waals surface area (Å²) in [5.41, 5.74) is 4.05. The number of carbonyl (C=O) groups is 1. The van der Waals surface area contributed by atoms with E-state index in [1.54, 1.807) is 18.6 Å². The van der Waals surface area contributed by atoms with Gasteiger partial charge in [0, 0.05) is 37.1 Å². The van der Waals surface area contributed by atoms with Crippen LogP contribution in [0.4, 0.5) is 0 Å². The van der Waals surface area contributed by atoms with Crippen LogP contribution in [-0.4, -0.2) is 15.9 Å². The molecule has 2 heterocycles. The first-order valence-corrected chi connectivity index (χ1v) is 7.98. The average molecular weight is 317 g/mol. The number of hydrogen-bond acceptors (Lipinski definition) is 3. The molecule has 0 aliphatic rings. The lowest BCUT2D eigenvalue weighted by Gasteiger charge is -2.10. The third-order valence-electron chi connectivity index (χ3n) is 3.80. The largest absolute Gasteiger partial charge is 0.352 e. The Balaban J connectivity index is 1.60. The molecule has 3 aromatic rings. The van der Waals surface area contributed by atoms with E-state index < -0.39 is 0 Å². The van der Waals surface area contributed by atoms with Crippen LogP contribution in [0, 0.1) is 0 Å². The van der Waals surface area contributed by atoms with E-state index in [-0.39, 0.29) is 5.91 Å². The van der Waals surface area contributed by atoms with Crippen molar-refractivity contribution in [1.29, 1.82) is 0 Å². The van der Waals surface area contributed by atoms with Crippen molar-refractivity contribution >= 4 is 5.91 Å². The Morgan fingerprint density at radius 3 is 2.50 bits per heavy atom. The predicted molar refractivity (Wildman–Crippen MR) is 94.1 cm³/mol. The highest BCUT2D eigenvalue weighted by atomic mass is 16.1. The van der Waals surface area contributed by atoms with Gasteiger partial charge < -0.3 is 5.32 Å². The molecule has 120 valence electrons. The van der Waals surface area contributed by atoms with E-state index in [1.165, 1.54) is 5.56 Å². The molecule has 2 aromatic heterocycles. The van der Waals surface area contributed by atoms with Crippen molar-refractivity contribution in [2.75, 3.05) is 0 Å². The molecule has 1 amide bonds. The number of nitrogens with zero attached hydrogens (tertiary/aromatic N) is 2. The maximum absolute atomic E-state index is 12.1. The summed E-state index contributed by atoms with van der Waals surface area (Å²) in [6, 6.07) is 17.7. The molecule has 3 rings (SSSR count). The average Bonchev–Trinajstić information content (AvgIpc) is 2.66. The van der Waals surface area contributed by atoms with Crippen molar-refractivity contribution in [2.24, 2.45) is 0 Å². The van der Waals surface area contributed by atoms with E-state index in [2.05, 4.69) is 15.3 Å². The first-order valence-electron chi connectivity index (χ1n) is 7.98. The fourth-order valence-corrected chi connectivity index (χ4v) is 2.54. The molecule has 0 saturated carbocycles. The lowest BCUT2D eigenvalue weighted by Crippen LogP contribution is -2.23. The molecule has 0 aliphatic carbocycles. The van der Waals surface area contributed by atoms with Crippen LogP contribution in [0.2, 0.25) is 0 Å². The standard InChI is InChI=1S/C20H19N3O/c24-19(9-8-16-5-2-1-3-6-16)23-15-18-7-4-12-22-20(18)17-10-13-21-14-11-17/h1-7,10-14H,8-9,15H2,(H,23,24). The smallest absolute Gasteiger partial charge is 0.220 e. The summed E-state index contributed by atoms with van der Waals surface area (Å²) in [6.07, 6.45) is 6.47. The van der Waals surface area contributed by atoms with Crippen molar-refractivity contribution in [3.63, 3.8) is 0 Å². The van der Waals surface area contributed by atoms with Gasteiger partial charge in [-0.2, -0.15) is 0 Å². The number of hydrogen-bond donors (Lipinski definition) is 1. The summed E-state index contributed by atoms with van der Waals surface area (Å²) in [7, 11) is 0.